The van der Waals surface area contributed by atoms with Gasteiger partial charge >= 0.3 is 0 Å². The SMILES string of the molecule is NC(C1=CC=CC(O)C1)c1ccc(C(=O)N2CCCC2)cc1. The first-order valence-corrected chi connectivity index (χ1v) is 7.85. The maximum atomic E-state index is 12.3. The van der Waals surface area contributed by atoms with Gasteiger partial charge in [0.05, 0.1) is 12.1 Å². The largest absolute Gasteiger partial charge is 0.389 e. The fraction of sp³-hybridized carbons (Fsp3) is 0.389. The predicted molar refractivity (Wildman–Crippen MR) is 86.4 cm³/mol. The second-order valence-electron chi connectivity index (χ2n) is 6.00. The van der Waals surface area contributed by atoms with E-state index in [0.29, 0.717) is 6.42 Å². The number of benzene rings is 1. The van der Waals surface area contributed by atoms with E-state index in [4.69, 9.17) is 5.73 Å². The summed E-state index contributed by atoms with van der Waals surface area (Å²) >= 11 is 0. The Labute approximate surface area is 130 Å². The molecule has 2 atom stereocenters. The van der Waals surface area contributed by atoms with Gasteiger partial charge < -0.3 is 15.7 Å². The minimum atomic E-state index is -0.456. The fourth-order valence-electron chi connectivity index (χ4n) is 3.07. The summed E-state index contributed by atoms with van der Waals surface area (Å²) in [4.78, 5) is 14.2. The average Bonchev–Trinajstić information content (AvgIpc) is 3.08. The van der Waals surface area contributed by atoms with Crippen LogP contribution in [0, 0.1) is 0 Å². The Morgan fingerprint density at radius 1 is 1.23 bits per heavy atom. The molecule has 2 aliphatic rings. The number of nitrogens with two attached hydrogens (primary N) is 1. The fourth-order valence-corrected chi connectivity index (χ4v) is 3.07. The average molecular weight is 298 g/mol. The van der Waals surface area contributed by atoms with E-state index in [1.807, 2.05) is 41.3 Å². The highest BCUT2D eigenvalue weighted by Gasteiger charge is 2.20. The quantitative estimate of drug-likeness (QED) is 0.898. The van der Waals surface area contributed by atoms with Crippen LogP contribution in [0.3, 0.4) is 0 Å². The molecule has 0 spiro atoms. The van der Waals surface area contributed by atoms with Gasteiger partial charge in [0, 0.05) is 25.1 Å². The third-order valence-corrected chi connectivity index (χ3v) is 4.40. The lowest BCUT2D eigenvalue weighted by Gasteiger charge is -2.21. The van der Waals surface area contributed by atoms with Crippen LogP contribution in [0.25, 0.3) is 0 Å². The normalized spacial score (nSPS) is 22.5. The number of likely N-dealkylation sites (tertiary alicyclic amines) is 1. The number of hydrogen-bond donors (Lipinski definition) is 2. The first-order valence-electron chi connectivity index (χ1n) is 7.85. The standard InChI is InChI=1S/C18H22N2O2/c19-17(15-4-3-5-16(21)12-15)13-6-8-14(9-7-13)18(22)20-10-1-2-11-20/h3-9,16-17,21H,1-2,10-12,19H2. The van der Waals surface area contributed by atoms with E-state index in [1.165, 1.54) is 0 Å². The number of aliphatic hydroxyl groups is 1. The molecule has 4 nitrogen and oxygen atoms in total. The van der Waals surface area contributed by atoms with Crippen LogP contribution in [0.15, 0.2) is 48.1 Å². The molecule has 1 saturated heterocycles. The van der Waals surface area contributed by atoms with Gasteiger partial charge in [-0.2, -0.15) is 0 Å². The molecule has 3 N–H and O–H groups in total. The monoisotopic (exact) mass is 298 g/mol. The second kappa shape index (κ2) is 6.46. The van der Waals surface area contributed by atoms with E-state index in [1.54, 1.807) is 6.08 Å². The van der Waals surface area contributed by atoms with Crippen LogP contribution in [-0.4, -0.2) is 35.1 Å². The first-order chi connectivity index (χ1) is 10.6. The van der Waals surface area contributed by atoms with Crippen molar-refractivity contribution in [3.05, 3.63) is 59.2 Å². The summed E-state index contributed by atoms with van der Waals surface area (Å²) in [5.74, 6) is 0.104. The summed E-state index contributed by atoms with van der Waals surface area (Å²) < 4.78 is 0. The van der Waals surface area contributed by atoms with Crippen LogP contribution in [0.5, 0.6) is 0 Å². The lowest BCUT2D eigenvalue weighted by Crippen LogP contribution is -2.27. The van der Waals surface area contributed by atoms with Crippen molar-refractivity contribution in [2.75, 3.05) is 13.1 Å². The first kappa shape index (κ1) is 15.0. The van der Waals surface area contributed by atoms with Crippen LogP contribution in [0.2, 0.25) is 0 Å². The number of hydrogen-bond acceptors (Lipinski definition) is 3. The summed E-state index contributed by atoms with van der Waals surface area (Å²) in [7, 11) is 0. The van der Waals surface area contributed by atoms with Gasteiger partial charge in [-0.15, -0.1) is 0 Å². The summed E-state index contributed by atoms with van der Waals surface area (Å²) in [6.07, 6.45) is 7.86. The molecule has 1 aliphatic carbocycles. The molecule has 3 rings (SSSR count). The molecule has 1 aromatic carbocycles. The Hall–Kier alpha value is -1.91. The molecule has 1 amide bonds. The molecule has 0 bridgehead atoms. The van der Waals surface area contributed by atoms with Gasteiger partial charge in [0.1, 0.15) is 0 Å². The van der Waals surface area contributed by atoms with E-state index < -0.39 is 6.10 Å². The van der Waals surface area contributed by atoms with Gasteiger partial charge in [0.25, 0.3) is 5.91 Å². The third-order valence-electron chi connectivity index (χ3n) is 4.40. The van der Waals surface area contributed by atoms with E-state index in [2.05, 4.69) is 0 Å². The molecule has 1 aliphatic heterocycles. The van der Waals surface area contributed by atoms with Crippen LogP contribution in [0.4, 0.5) is 0 Å². The number of aliphatic hydroxyl groups excluding tert-OH is 1. The van der Waals surface area contributed by atoms with Gasteiger partial charge in [-0.3, -0.25) is 4.79 Å². The summed E-state index contributed by atoms with van der Waals surface area (Å²) in [6.45, 7) is 1.72. The van der Waals surface area contributed by atoms with Crippen molar-refractivity contribution in [3.8, 4) is 0 Å². The molecule has 0 radical (unpaired) electrons. The van der Waals surface area contributed by atoms with Crippen LogP contribution in [0.1, 0.15) is 41.2 Å². The minimum absolute atomic E-state index is 0.104. The number of allylic oxidation sites excluding steroid dienone is 2. The van der Waals surface area contributed by atoms with Gasteiger partial charge in [0.15, 0.2) is 0 Å². The highest BCUT2D eigenvalue weighted by atomic mass is 16.3. The topological polar surface area (TPSA) is 66.6 Å². The highest BCUT2D eigenvalue weighted by Crippen LogP contribution is 2.26. The lowest BCUT2D eigenvalue weighted by atomic mass is 9.91. The lowest BCUT2D eigenvalue weighted by molar-refractivity contribution is 0.0793. The van der Waals surface area contributed by atoms with E-state index in [-0.39, 0.29) is 11.9 Å². The maximum absolute atomic E-state index is 12.3. The number of amides is 1. The van der Waals surface area contributed by atoms with Crippen molar-refractivity contribution in [3.63, 3.8) is 0 Å². The number of rotatable bonds is 3. The second-order valence-corrected chi connectivity index (χ2v) is 6.00. The van der Waals surface area contributed by atoms with Crippen LogP contribution in [-0.2, 0) is 0 Å². The van der Waals surface area contributed by atoms with E-state index in [9.17, 15) is 9.90 Å². The Bertz CT molecular complexity index is 598. The summed E-state index contributed by atoms with van der Waals surface area (Å²) in [5.41, 5.74) is 8.96. The molecule has 1 aromatic rings. The summed E-state index contributed by atoms with van der Waals surface area (Å²) in [5, 5.41) is 9.68. The molecule has 0 saturated carbocycles. The molecule has 2 unspecified atom stereocenters. The van der Waals surface area contributed by atoms with Gasteiger partial charge in [-0.1, -0.05) is 30.4 Å². The number of carbonyl (C=O) groups is 1. The van der Waals surface area contributed by atoms with E-state index in [0.717, 1.165) is 42.6 Å². The Morgan fingerprint density at radius 2 is 1.91 bits per heavy atom. The van der Waals surface area contributed by atoms with Gasteiger partial charge in [-0.05, 0) is 36.1 Å². The summed E-state index contributed by atoms with van der Waals surface area (Å²) in [6, 6.07) is 7.30. The molecule has 22 heavy (non-hydrogen) atoms. The third kappa shape index (κ3) is 3.13. The van der Waals surface area contributed by atoms with Crippen molar-refractivity contribution in [2.24, 2.45) is 5.73 Å². The molecular formula is C18H22N2O2. The molecule has 0 aromatic heterocycles. The molecule has 1 heterocycles. The van der Waals surface area contributed by atoms with Crippen LogP contribution >= 0.6 is 0 Å². The predicted octanol–water partition coefficient (Wildman–Crippen LogP) is 2.17. The van der Waals surface area contributed by atoms with Crippen molar-refractivity contribution in [1.82, 2.24) is 4.90 Å². The Kier molecular flexibility index (Phi) is 4.41. The van der Waals surface area contributed by atoms with Gasteiger partial charge in [0.2, 0.25) is 0 Å². The van der Waals surface area contributed by atoms with Gasteiger partial charge in [-0.25, -0.2) is 0 Å². The van der Waals surface area contributed by atoms with Crippen molar-refractivity contribution in [1.29, 1.82) is 0 Å². The zero-order valence-electron chi connectivity index (χ0n) is 12.6. The smallest absolute Gasteiger partial charge is 0.253 e. The van der Waals surface area contributed by atoms with Crippen molar-refractivity contribution < 1.29 is 9.90 Å². The highest BCUT2D eigenvalue weighted by molar-refractivity contribution is 5.94. The maximum Gasteiger partial charge on any atom is 0.253 e. The molecular weight excluding hydrogens is 276 g/mol. The molecule has 4 heteroatoms. The number of carbonyl (C=O) groups excluding carboxylic acids is 1. The Balaban J connectivity index is 1.72. The minimum Gasteiger partial charge on any atom is -0.389 e. The van der Waals surface area contributed by atoms with Crippen LogP contribution < -0.4 is 5.73 Å². The van der Waals surface area contributed by atoms with Crippen molar-refractivity contribution >= 4 is 5.91 Å². The molecule has 116 valence electrons. The number of nitrogens with zero attached hydrogens (tertiary/aromatic N) is 1. The zero-order chi connectivity index (χ0) is 15.5. The molecule has 1 fully saturated rings. The Morgan fingerprint density at radius 3 is 2.55 bits per heavy atom. The zero-order valence-corrected chi connectivity index (χ0v) is 12.6. The van der Waals surface area contributed by atoms with E-state index >= 15 is 0 Å². The van der Waals surface area contributed by atoms with Crippen molar-refractivity contribution in [2.45, 2.75) is 31.4 Å².